The summed E-state index contributed by atoms with van der Waals surface area (Å²) in [6.07, 6.45) is 1.17. The van der Waals surface area contributed by atoms with E-state index in [1.807, 2.05) is 13.0 Å². The van der Waals surface area contributed by atoms with Crippen LogP contribution < -0.4 is 16.0 Å². The van der Waals surface area contributed by atoms with E-state index in [1.54, 1.807) is 12.1 Å². The standard InChI is InChI=1S/C16H20ClN3O3S/c1-2-6-18-14(21)5-7-19-15(22)9-13-16(23)20-11-8-10(17)3-4-12(11)24-13/h3-4,8,13H,2,5-7,9H2,1H3,(H,18,21)(H,19,22)(H,20,23). The van der Waals surface area contributed by atoms with Crippen molar-refractivity contribution < 1.29 is 14.4 Å². The lowest BCUT2D eigenvalue weighted by Crippen LogP contribution is -2.36. The van der Waals surface area contributed by atoms with Gasteiger partial charge in [0.2, 0.25) is 17.7 Å². The number of anilines is 1. The van der Waals surface area contributed by atoms with Crippen molar-refractivity contribution in [2.75, 3.05) is 18.4 Å². The van der Waals surface area contributed by atoms with Crippen molar-refractivity contribution in [2.45, 2.75) is 36.3 Å². The zero-order valence-electron chi connectivity index (χ0n) is 13.4. The Morgan fingerprint density at radius 3 is 2.75 bits per heavy atom. The summed E-state index contributed by atoms with van der Waals surface area (Å²) in [4.78, 5) is 36.4. The van der Waals surface area contributed by atoms with Crippen molar-refractivity contribution in [2.24, 2.45) is 0 Å². The Morgan fingerprint density at radius 2 is 2.00 bits per heavy atom. The van der Waals surface area contributed by atoms with Crippen LogP contribution in [0.4, 0.5) is 5.69 Å². The van der Waals surface area contributed by atoms with Gasteiger partial charge in [-0.05, 0) is 24.6 Å². The zero-order valence-corrected chi connectivity index (χ0v) is 14.9. The molecular weight excluding hydrogens is 350 g/mol. The number of amides is 3. The van der Waals surface area contributed by atoms with Crippen molar-refractivity contribution in [1.82, 2.24) is 10.6 Å². The van der Waals surface area contributed by atoms with Crippen LogP contribution in [-0.4, -0.2) is 36.1 Å². The fourth-order valence-corrected chi connectivity index (χ4v) is 3.43. The maximum absolute atomic E-state index is 12.1. The second-order valence-electron chi connectivity index (χ2n) is 5.39. The van der Waals surface area contributed by atoms with Crippen molar-refractivity contribution in [3.05, 3.63) is 23.2 Å². The molecular formula is C16H20ClN3O3S. The molecule has 1 heterocycles. The Bertz CT molecular complexity index is 639. The van der Waals surface area contributed by atoms with Crippen LogP contribution >= 0.6 is 23.4 Å². The van der Waals surface area contributed by atoms with Gasteiger partial charge in [-0.3, -0.25) is 14.4 Å². The molecule has 24 heavy (non-hydrogen) atoms. The number of carbonyl (C=O) groups is 3. The molecule has 0 spiro atoms. The normalized spacial score (nSPS) is 16.1. The molecule has 1 aliphatic rings. The highest BCUT2D eigenvalue weighted by Crippen LogP contribution is 2.38. The Kier molecular flexibility index (Phi) is 6.93. The van der Waals surface area contributed by atoms with Crippen LogP contribution in [0.5, 0.6) is 0 Å². The van der Waals surface area contributed by atoms with Gasteiger partial charge >= 0.3 is 0 Å². The van der Waals surface area contributed by atoms with Crippen LogP contribution in [0.25, 0.3) is 0 Å². The van der Waals surface area contributed by atoms with Gasteiger partial charge in [0, 0.05) is 35.8 Å². The molecule has 0 radical (unpaired) electrons. The minimum Gasteiger partial charge on any atom is -0.356 e. The van der Waals surface area contributed by atoms with Crippen LogP contribution in [0, 0.1) is 0 Å². The number of carbonyl (C=O) groups excluding carboxylic acids is 3. The molecule has 3 N–H and O–H groups in total. The average Bonchev–Trinajstić information content (AvgIpc) is 2.54. The number of hydrogen-bond donors (Lipinski definition) is 3. The van der Waals surface area contributed by atoms with Gasteiger partial charge in [0.15, 0.2) is 0 Å². The van der Waals surface area contributed by atoms with E-state index in [0.29, 0.717) is 17.3 Å². The van der Waals surface area contributed by atoms with E-state index in [1.165, 1.54) is 11.8 Å². The Labute approximate surface area is 150 Å². The number of thioether (sulfide) groups is 1. The Balaban J connectivity index is 1.79. The summed E-state index contributed by atoms with van der Waals surface area (Å²) >= 11 is 7.24. The molecule has 1 aliphatic heterocycles. The first-order valence-electron chi connectivity index (χ1n) is 7.80. The minimum atomic E-state index is -0.493. The largest absolute Gasteiger partial charge is 0.356 e. The molecule has 6 nitrogen and oxygen atoms in total. The number of fused-ring (bicyclic) bond motifs is 1. The van der Waals surface area contributed by atoms with Crippen molar-refractivity contribution >= 4 is 46.8 Å². The summed E-state index contributed by atoms with van der Waals surface area (Å²) in [7, 11) is 0. The molecule has 8 heteroatoms. The number of hydrogen-bond acceptors (Lipinski definition) is 4. The molecule has 3 amide bonds. The lowest BCUT2D eigenvalue weighted by Gasteiger charge is -2.23. The molecule has 1 unspecified atom stereocenters. The topological polar surface area (TPSA) is 87.3 Å². The quantitative estimate of drug-likeness (QED) is 0.687. The smallest absolute Gasteiger partial charge is 0.238 e. The highest BCUT2D eigenvalue weighted by Gasteiger charge is 2.29. The van der Waals surface area contributed by atoms with Crippen molar-refractivity contribution in [3.63, 3.8) is 0 Å². The molecule has 0 saturated heterocycles. The highest BCUT2D eigenvalue weighted by atomic mass is 35.5. The molecule has 0 bridgehead atoms. The highest BCUT2D eigenvalue weighted by molar-refractivity contribution is 8.01. The molecule has 1 aromatic rings. The van der Waals surface area contributed by atoms with Gasteiger partial charge in [-0.15, -0.1) is 11.8 Å². The maximum atomic E-state index is 12.1. The Morgan fingerprint density at radius 1 is 1.25 bits per heavy atom. The van der Waals surface area contributed by atoms with E-state index in [-0.39, 0.29) is 37.1 Å². The predicted octanol–water partition coefficient (Wildman–Crippen LogP) is 2.18. The van der Waals surface area contributed by atoms with Gasteiger partial charge in [0.25, 0.3) is 0 Å². The van der Waals surface area contributed by atoms with Gasteiger partial charge in [-0.25, -0.2) is 0 Å². The minimum absolute atomic E-state index is 0.0646. The molecule has 1 aromatic carbocycles. The Hall–Kier alpha value is -1.73. The van der Waals surface area contributed by atoms with E-state index >= 15 is 0 Å². The van der Waals surface area contributed by atoms with Crippen LogP contribution in [0.3, 0.4) is 0 Å². The van der Waals surface area contributed by atoms with E-state index in [4.69, 9.17) is 11.6 Å². The van der Waals surface area contributed by atoms with Crippen LogP contribution in [0.15, 0.2) is 23.1 Å². The fourth-order valence-electron chi connectivity index (χ4n) is 2.17. The lowest BCUT2D eigenvalue weighted by molar-refractivity contribution is -0.124. The summed E-state index contributed by atoms with van der Waals surface area (Å²) in [5.41, 5.74) is 0.668. The first kappa shape index (κ1) is 18.6. The monoisotopic (exact) mass is 369 g/mol. The first-order valence-corrected chi connectivity index (χ1v) is 9.06. The van der Waals surface area contributed by atoms with E-state index in [0.717, 1.165) is 11.3 Å². The molecule has 0 saturated carbocycles. The van der Waals surface area contributed by atoms with Crippen LogP contribution in [0.2, 0.25) is 5.02 Å². The third kappa shape index (κ3) is 5.42. The van der Waals surface area contributed by atoms with E-state index < -0.39 is 5.25 Å². The fraction of sp³-hybridized carbons (Fsp3) is 0.438. The van der Waals surface area contributed by atoms with Crippen LogP contribution in [0.1, 0.15) is 26.2 Å². The van der Waals surface area contributed by atoms with Crippen molar-refractivity contribution in [3.8, 4) is 0 Å². The van der Waals surface area contributed by atoms with Gasteiger partial charge < -0.3 is 16.0 Å². The second-order valence-corrected chi connectivity index (χ2v) is 7.07. The molecule has 2 rings (SSSR count). The first-order chi connectivity index (χ1) is 11.5. The van der Waals surface area contributed by atoms with Crippen molar-refractivity contribution in [1.29, 1.82) is 0 Å². The maximum Gasteiger partial charge on any atom is 0.238 e. The summed E-state index contributed by atoms with van der Waals surface area (Å²) in [6, 6.07) is 5.26. The lowest BCUT2D eigenvalue weighted by atomic mass is 10.2. The second kappa shape index (κ2) is 8.94. The molecule has 0 aromatic heterocycles. The molecule has 0 fully saturated rings. The third-order valence-corrected chi connectivity index (χ3v) is 4.89. The van der Waals surface area contributed by atoms with Gasteiger partial charge in [-0.2, -0.15) is 0 Å². The molecule has 0 aliphatic carbocycles. The van der Waals surface area contributed by atoms with Gasteiger partial charge in [0.05, 0.1) is 10.9 Å². The number of halogens is 1. The number of benzene rings is 1. The summed E-state index contributed by atoms with van der Waals surface area (Å²) in [5, 5.41) is 8.24. The summed E-state index contributed by atoms with van der Waals surface area (Å²) < 4.78 is 0. The average molecular weight is 370 g/mol. The van der Waals surface area contributed by atoms with Crippen LogP contribution in [-0.2, 0) is 14.4 Å². The van der Waals surface area contributed by atoms with Gasteiger partial charge in [0.1, 0.15) is 0 Å². The number of rotatable bonds is 7. The zero-order chi connectivity index (χ0) is 17.5. The SMILES string of the molecule is CCCNC(=O)CCNC(=O)CC1Sc2ccc(Cl)cc2NC1=O. The molecule has 1 atom stereocenters. The molecule has 130 valence electrons. The number of nitrogens with one attached hydrogen (secondary N) is 3. The summed E-state index contributed by atoms with van der Waals surface area (Å²) in [6.45, 7) is 2.87. The third-order valence-electron chi connectivity index (χ3n) is 3.38. The van der Waals surface area contributed by atoms with E-state index in [2.05, 4.69) is 16.0 Å². The van der Waals surface area contributed by atoms with E-state index in [9.17, 15) is 14.4 Å². The van der Waals surface area contributed by atoms with Gasteiger partial charge in [-0.1, -0.05) is 18.5 Å². The summed E-state index contributed by atoms with van der Waals surface area (Å²) in [5.74, 6) is -0.554. The predicted molar refractivity (Wildman–Crippen MR) is 95.3 cm³/mol.